The van der Waals surface area contributed by atoms with Crippen molar-refractivity contribution in [2.45, 2.75) is 113 Å². The van der Waals surface area contributed by atoms with Crippen LogP contribution in [0.25, 0.3) is 65.4 Å². The molecule has 0 bridgehead atoms. The Balaban J connectivity index is 0.000000186. The number of fused-ring (bicyclic) bond motifs is 6. The molecule has 6 amide bonds. The zero-order valence-electron chi connectivity index (χ0n) is 133. The van der Waals surface area contributed by atoms with Crippen molar-refractivity contribution in [2.75, 3.05) is 163 Å². The summed E-state index contributed by atoms with van der Waals surface area (Å²) in [5.41, 5.74) is -0.0794. The van der Waals surface area contributed by atoms with Crippen molar-refractivity contribution >= 4 is 102 Å². The number of carbonyl (C=O) groups excluding carboxylic acids is 6. The zero-order chi connectivity index (χ0) is 147. The van der Waals surface area contributed by atoms with E-state index in [9.17, 15) is 28.8 Å². The first-order valence-electron chi connectivity index (χ1n) is 70.2. The van der Waals surface area contributed by atoms with E-state index in [2.05, 4.69) is 58.3 Å². The number of amides is 6. The molecule has 0 aliphatic carbocycles. The van der Waals surface area contributed by atoms with Gasteiger partial charge >= 0.3 is 36.6 Å². The highest BCUT2D eigenvalue weighted by molar-refractivity contribution is 5.88. The van der Waals surface area contributed by atoms with Crippen LogP contribution < -0.4 is 31.9 Å². The fourth-order valence-corrected chi connectivity index (χ4v) is 11.7. The van der Waals surface area contributed by atoms with E-state index in [1.807, 2.05) is 31.9 Å². The van der Waals surface area contributed by atoms with Gasteiger partial charge in [0, 0.05) is 199 Å². The number of nitrogens with zero attached hydrogens (tertiary/aromatic N) is 6. The molecule has 0 radical (unpaired) electrons. The molecule has 0 unspecified atom stereocenters. The zero-order valence-corrected chi connectivity index (χ0v) is 67.2. The number of nitrogens with one attached hydrogen (secondary N) is 12. The SMILES string of the molecule is [2H]c1[nH]c2ccc(C([2H])([2H])[C@]3([2H])NC(=O)OC3([2H])[2H])cc2c1C([2H])([2H])CN(C([2H])([2H])[2H])C([2H])([2H])[2H].[2H]c1[nH]c2ccc(C([2H])([2H])[C@]3([2H])NC(=O)OC3([2H])[2H])cc2c1C([2H])([2H])CN(C)C.[2H]c1[nH]c2ccc(C([2H])([2H])[C@]3([2H])NC(=O)OC3([2H])[2H])cc2c1C([2H])([2H])CN(C)C([2H])([2H])[2H].[2H]c1[nH]c2ccc(C([2H])([2H])[C@]3([2H])NC(=O)OC3([2H])[2H])cc2c1CC([2H])([2H])N(C([2H])([2H])[2H])C([2H])([2H])[2H].[2H]c1[nH]c2ccc(C([2H])([2H])[C@]3([2H])NC(=O)OC3([2H])[2H])cc2c1CC([2H])([2H])N(C)C.[2H]c1[nH]c2ccc(C([2H])([2H])[C@]3([2H])NC(=O)OC3([2H])[2H])cc2c1CC([2H])([2H])N(C)C([2H])([2H])[2H]. The second-order valence-corrected chi connectivity index (χ2v) is 27.3. The summed E-state index contributed by atoms with van der Waals surface area (Å²) in [5, 5.41) is 12.0. The van der Waals surface area contributed by atoms with Gasteiger partial charge in [0.2, 0.25) is 0 Å². The number of alkyl carbamates (subject to hydrolysis) is 6. The topological polar surface area (TPSA) is 344 Å². The molecule has 6 aliphatic heterocycles. The molecule has 0 saturated carbocycles. The highest BCUT2D eigenvalue weighted by Crippen LogP contribution is 2.29. The maximum Gasteiger partial charge on any atom is 0.407 e. The van der Waals surface area contributed by atoms with Gasteiger partial charge in [0.15, 0.2) is 0 Å². The number of cyclic esters (lactones) is 6. The number of aromatic amines is 6. The number of aryl methyl sites for hydroxylation is 3. The van der Waals surface area contributed by atoms with Crippen molar-refractivity contribution < 1.29 is 148 Å². The first-order chi connectivity index (χ1) is 86.0. The minimum Gasteiger partial charge on any atom is -0.447 e. The normalized spacial score (nSPS) is 33.8. The van der Waals surface area contributed by atoms with E-state index >= 15 is 0 Å². The van der Waals surface area contributed by atoms with Crippen LogP contribution in [0, 0.1) is 0 Å². The van der Waals surface area contributed by atoms with Gasteiger partial charge in [-0.1, -0.05) is 36.4 Å². The molecule has 12 aromatic rings. The molecule has 12 heterocycles. The predicted molar refractivity (Wildman–Crippen MR) is 495 cm³/mol. The van der Waals surface area contributed by atoms with E-state index in [1.54, 1.807) is 33.1 Å². The molecule has 0 spiro atoms. The van der Waals surface area contributed by atoms with Crippen LogP contribution in [0.1, 0.15) is 157 Å². The Morgan fingerprint density at radius 1 is 0.302 bits per heavy atom. The van der Waals surface area contributed by atoms with Crippen molar-refractivity contribution in [3.05, 3.63) is 213 Å². The standard InChI is InChI=1S/6C16H21N3O2/c6*1-19(2)6-5-12-9-17-15-4-3-11(8-14(12)15)7-13-10-21-16(20)18-13/h6*3-4,8-9,13,17H,5-7,10H2,1-2H3,(H,18,20)/t6*13-/m000000/s1/i1D3,2D3,6D2,7D2,9D,10D2,13D;1D3,2D3,5D2,7D2,9D,10D2,13D;1D3,6D2,7D2,9D,10D2,13D;1D3,5D2,7D2,9D,10D2,13D;6D2,7D2,9D,10D2,13D;5D2,7D2,9D,10D2,13D. The number of H-pyrrole nitrogens is 6. The number of hydrogen-bond donors (Lipinski definition) is 12. The third-order valence-electron chi connectivity index (χ3n) is 17.3. The Kier molecular flexibility index (Phi) is 13.7. The molecule has 6 saturated heterocycles. The first-order valence-corrected chi connectivity index (χ1v) is 37.2. The molecule has 126 heavy (non-hydrogen) atoms. The lowest BCUT2D eigenvalue weighted by Crippen LogP contribution is -2.28. The minimum atomic E-state index is -3.35. The van der Waals surface area contributed by atoms with Crippen LogP contribution in [0.15, 0.2) is 146 Å². The molecule has 30 heteroatoms. The molecule has 6 fully saturated rings. The van der Waals surface area contributed by atoms with Crippen molar-refractivity contribution in [3.63, 3.8) is 0 Å². The van der Waals surface area contributed by atoms with Crippen LogP contribution >= 0.6 is 0 Å². The number of aromatic nitrogens is 6. The van der Waals surface area contributed by atoms with Crippen molar-refractivity contribution in [1.82, 2.24) is 91.2 Å². The summed E-state index contributed by atoms with van der Waals surface area (Å²) in [7, 11) is 8.81. The van der Waals surface area contributed by atoms with Gasteiger partial charge in [-0.25, -0.2) is 28.8 Å². The van der Waals surface area contributed by atoms with Crippen LogP contribution in [0.5, 0.6) is 0 Å². The lowest BCUT2D eigenvalue weighted by molar-refractivity contribution is 0.176. The number of likely N-dealkylation sites (N-methyl/N-ethyl adjacent to an activating group) is 6. The Morgan fingerprint density at radius 2 is 0.516 bits per heavy atom. The van der Waals surface area contributed by atoms with Gasteiger partial charge in [-0.2, -0.15) is 0 Å². The van der Waals surface area contributed by atoms with E-state index in [-0.39, 0.29) is 153 Å². The Morgan fingerprint density at radius 3 is 0.738 bits per heavy atom. The maximum atomic E-state index is 11.6. The molecule has 18 rings (SSSR count). The lowest BCUT2D eigenvalue weighted by atomic mass is 10.0. The fraction of sp³-hybridized carbons (Fsp3) is 0.438. The number of rotatable bonds is 30. The lowest BCUT2D eigenvalue weighted by Gasteiger charge is -2.09. The van der Waals surface area contributed by atoms with Gasteiger partial charge in [-0.15, -0.1) is 0 Å². The Labute approximate surface area is 829 Å². The number of ether oxygens (including phenoxy) is 6. The molecule has 12 N–H and O–H groups in total. The molecule has 672 valence electrons. The van der Waals surface area contributed by atoms with Gasteiger partial charge in [0.1, 0.15) is 39.4 Å². The minimum absolute atomic E-state index is 0.000126. The summed E-state index contributed by atoms with van der Waals surface area (Å²) >= 11 is 0. The van der Waals surface area contributed by atoms with Crippen molar-refractivity contribution in [3.8, 4) is 0 Å². The largest absolute Gasteiger partial charge is 0.447 e. The molecule has 6 aromatic heterocycles. The van der Waals surface area contributed by atoms with E-state index in [0.717, 1.165) is 36.2 Å². The Bertz CT molecular complexity index is 8970. The quantitative estimate of drug-likeness (QED) is 0.0186. The number of benzene rings is 6. The highest BCUT2D eigenvalue weighted by atomic mass is 16.6. The van der Waals surface area contributed by atoms with Gasteiger partial charge < -0.3 is 120 Å². The maximum absolute atomic E-state index is 11.6. The monoisotopic (exact) mass is 1790 g/mol. The summed E-state index contributed by atoms with van der Waals surface area (Å²) in [5.74, 6) is 0. The molecule has 6 atom stereocenters. The second kappa shape index (κ2) is 43.7. The smallest absolute Gasteiger partial charge is 0.407 e. The van der Waals surface area contributed by atoms with Crippen LogP contribution in [-0.2, 0) is 105 Å². The van der Waals surface area contributed by atoms with Crippen LogP contribution in [-0.4, -0.2) is 295 Å². The van der Waals surface area contributed by atoms with Crippen molar-refractivity contribution in [1.29, 1.82) is 0 Å². The summed E-state index contributed by atoms with van der Waals surface area (Å²) in [6.45, 7) is -45.3. The summed E-state index contributed by atoms with van der Waals surface area (Å²) in [6.07, 6.45) is -34.8. The van der Waals surface area contributed by atoms with Gasteiger partial charge in [-0.05, 0) is 300 Å². The number of hydrogen-bond acceptors (Lipinski definition) is 18. The van der Waals surface area contributed by atoms with Crippen LogP contribution in [0.4, 0.5) is 28.8 Å². The summed E-state index contributed by atoms with van der Waals surface area (Å²) in [4.78, 5) is 89.5. The third-order valence-corrected chi connectivity index (χ3v) is 17.3. The molecule has 6 aliphatic rings. The van der Waals surface area contributed by atoms with Gasteiger partial charge in [0.05, 0.1) is 69.0 Å². The van der Waals surface area contributed by atoms with Crippen LogP contribution in [0.3, 0.4) is 0 Å². The average molecular weight is 1790 g/mol. The van der Waals surface area contributed by atoms with Gasteiger partial charge in [-0.3, -0.25) is 0 Å². The van der Waals surface area contributed by atoms with E-state index in [4.69, 9.17) is 90.5 Å². The third kappa shape index (κ3) is 26.5. The number of carbonyl (C=O) groups is 6. The fourth-order valence-electron chi connectivity index (χ4n) is 11.7. The second-order valence-electron chi connectivity index (χ2n) is 27.3. The van der Waals surface area contributed by atoms with Crippen LogP contribution in [0.2, 0.25) is 0 Å². The summed E-state index contributed by atoms with van der Waals surface area (Å²) in [6, 6.07) is 5.66. The molecule has 30 nitrogen and oxygen atoms in total. The van der Waals surface area contributed by atoms with E-state index < -0.39 is 268 Å². The first kappa shape index (κ1) is 39.4. The van der Waals surface area contributed by atoms with Crippen molar-refractivity contribution in [2.24, 2.45) is 0 Å². The molecular formula is C96H126N18O12. The van der Waals surface area contributed by atoms with E-state index in [0.29, 0.717) is 32.4 Å². The molecular weight excluding hydrogens is 1600 g/mol. The Hall–Kier alpha value is -12.1. The highest BCUT2D eigenvalue weighted by Gasteiger charge is 2.29. The predicted octanol–water partition coefficient (Wildman–Crippen LogP) is 11.5. The summed E-state index contributed by atoms with van der Waals surface area (Å²) < 4.78 is 554. The van der Waals surface area contributed by atoms with Gasteiger partial charge in [0.25, 0.3) is 0 Å². The average Bonchev–Trinajstić information content (AvgIpc) is 1.62. The molecule has 6 aromatic carbocycles. The van der Waals surface area contributed by atoms with E-state index in [1.165, 1.54) is 96.9 Å².